The molecule has 4 rings (SSSR count). The second-order valence-corrected chi connectivity index (χ2v) is 10.9. The third kappa shape index (κ3) is 7.18. The standard InChI is InChI=1S/C26H36N4O4S/c1-17(2)34-26(33)29-21-10-11-22(19(14-21)16-30-12-4-3-5-13-30)23-15-27-24(35-23)18-6-8-20(9-7-18)28-25(31)32/h10-11,14-15,17-18,20,28H,3-9,12-13,16H2,1-2H3,(H,29,33)(H,31,32). The summed E-state index contributed by atoms with van der Waals surface area (Å²) in [6, 6.07) is 6.11. The van der Waals surface area contributed by atoms with Gasteiger partial charge in [-0.1, -0.05) is 12.5 Å². The van der Waals surface area contributed by atoms with E-state index in [1.807, 2.05) is 26.1 Å². The normalized spacial score (nSPS) is 21.0. The van der Waals surface area contributed by atoms with Crippen molar-refractivity contribution in [2.45, 2.75) is 83.4 Å². The number of anilines is 1. The number of piperidine rings is 1. The van der Waals surface area contributed by atoms with Crippen molar-refractivity contribution in [3.8, 4) is 10.4 Å². The molecule has 0 spiro atoms. The van der Waals surface area contributed by atoms with E-state index in [0.717, 1.165) is 66.5 Å². The van der Waals surface area contributed by atoms with E-state index < -0.39 is 12.2 Å². The van der Waals surface area contributed by atoms with E-state index in [2.05, 4.69) is 27.7 Å². The molecule has 1 aromatic carbocycles. The monoisotopic (exact) mass is 500 g/mol. The van der Waals surface area contributed by atoms with E-state index >= 15 is 0 Å². The van der Waals surface area contributed by atoms with Gasteiger partial charge in [0, 0.05) is 30.4 Å². The van der Waals surface area contributed by atoms with E-state index in [1.54, 1.807) is 11.3 Å². The molecule has 1 aliphatic heterocycles. The van der Waals surface area contributed by atoms with Crippen LogP contribution >= 0.6 is 11.3 Å². The summed E-state index contributed by atoms with van der Waals surface area (Å²) in [5, 5.41) is 15.6. The van der Waals surface area contributed by atoms with Gasteiger partial charge in [-0.25, -0.2) is 14.6 Å². The molecule has 2 heterocycles. The predicted octanol–water partition coefficient (Wildman–Crippen LogP) is 6.05. The minimum atomic E-state index is -0.943. The Morgan fingerprint density at radius 3 is 2.60 bits per heavy atom. The third-order valence-corrected chi connectivity index (χ3v) is 7.92. The maximum absolute atomic E-state index is 12.2. The summed E-state index contributed by atoms with van der Waals surface area (Å²) in [6.07, 6.45) is 7.72. The number of nitrogens with one attached hydrogen (secondary N) is 2. The van der Waals surface area contributed by atoms with Crippen molar-refractivity contribution in [3.05, 3.63) is 35.0 Å². The molecule has 35 heavy (non-hydrogen) atoms. The van der Waals surface area contributed by atoms with Crippen LogP contribution < -0.4 is 10.6 Å². The van der Waals surface area contributed by atoms with Crippen LogP contribution in [0.15, 0.2) is 24.4 Å². The molecule has 3 N–H and O–H groups in total. The van der Waals surface area contributed by atoms with Crippen LogP contribution in [0.3, 0.4) is 0 Å². The average Bonchev–Trinajstić information content (AvgIpc) is 3.29. The number of carboxylic acid groups (broad SMARTS) is 1. The van der Waals surface area contributed by atoms with E-state index in [0.29, 0.717) is 5.92 Å². The van der Waals surface area contributed by atoms with E-state index in [-0.39, 0.29) is 12.1 Å². The molecule has 0 unspecified atom stereocenters. The van der Waals surface area contributed by atoms with Gasteiger partial charge in [-0.3, -0.25) is 10.2 Å². The SMILES string of the molecule is CC(C)OC(=O)Nc1ccc(-c2cnc(C3CCC(NC(=O)O)CC3)s2)c(CN2CCCCC2)c1. The summed E-state index contributed by atoms with van der Waals surface area (Å²) in [4.78, 5) is 31.5. The number of ether oxygens (including phenoxy) is 1. The van der Waals surface area contributed by atoms with Crippen molar-refractivity contribution in [2.75, 3.05) is 18.4 Å². The van der Waals surface area contributed by atoms with Crippen molar-refractivity contribution in [1.82, 2.24) is 15.2 Å². The number of thiazole rings is 1. The van der Waals surface area contributed by atoms with E-state index in [4.69, 9.17) is 14.8 Å². The molecule has 0 atom stereocenters. The summed E-state index contributed by atoms with van der Waals surface area (Å²) in [6.45, 7) is 6.69. The number of likely N-dealkylation sites (tertiary alicyclic amines) is 1. The first-order valence-corrected chi connectivity index (χ1v) is 13.5. The Morgan fingerprint density at radius 2 is 1.91 bits per heavy atom. The lowest BCUT2D eigenvalue weighted by atomic mass is 9.86. The molecule has 8 nitrogen and oxygen atoms in total. The van der Waals surface area contributed by atoms with Crippen molar-refractivity contribution in [1.29, 1.82) is 0 Å². The highest BCUT2D eigenvalue weighted by Gasteiger charge is 2.26. The van der Waals surface area contributed by atoms with Gasteiger partial charge in [0.2, 0.25) is 0 Å². The van der Waals surface area contributed by atoms with Crippen LogP contribution in [-0.4, -0.2) is 52.4 Å². The molecule has 1 saturated carbocycles. The van der Waals surface area contributed by atoms with Gasteiger partial charge >= 0.3 is 12.2 Å². The Morgan fingerprint density at radius 1 is 1.17 bits per heavy atom. The van der Waals surface area contributed by atoms with Crippen molar-refractivity contribution in [3.63, 3.8) is 0 Å². The zero-order valence-electron chi connectivity index (χ0n) is 20.6. The highest BCUT2D eigenvalue weighted by molar-refractivity contribution is 7.15. The van der Waals surface area contributed by atoms with Crippen LogP contribution in [0.25, 0.3) is 10.4 Å². The molecule has 1 aromatic heterocycles. The lowest BCUT2D eigenvalue weighted by Crippen LogP contribution is -2.36. The molecular weight excluding hydrogens is 464 g/mol. The van der Waals surface area contributed by atoms with Gasteiger partial charge < -0.3 is 15.2 Å². The van der Waals surface area contributed by atoms with Crippen LogP contribution in [0.2, 0.25) is 0 Å². The first-order chi connectivity index (χ1) is 16.9. The van der Waals surface area contributed by atoms with Crippen LogP contribution in [-0.2, 0) is 11.3 Å². The number of nitrogens with zero attached hydrogens (tertiary/aromatic N) is 2. The second kappa shape index (κ2) is 11.9. The van der Waals surface area contributed by atoms with Crippen molar-refractivity contribution >= 4 is 29.2 Å². The molecule has 2 fully saturated rings. The maximum Gasteiger partial charge on any atom is 0.411 e. The number of benzene rings is 1. The van der Waals surface area contributed by atoms with E-state index in [9.17, 15) is 9.59 Å². The molecule has 0 radical (unpaired) electrons. The van der Waals surface area contributed by atoms with Gasteiger partial charge in [0.05, 0.1) is 16.0 Å². The van der Waals surface area contributed by atoms with Crippen LogP contribution in [0.5, 0.6) is 0 Å². The van der Waals surface area contributed by atoms with Gasteiger partial charge in [0.15, 0.2) is 0 Å². The molecule has 190 valence electrons. The molecule has 2 amide bonds. The highest BCUT2D eigenvalue weighted by atomic mass is 32.1. The lowest BCUT2D eigenvalue weighted by molar-refractivity contribution is 0.130. The fraction of sp³-hybridized carbons (Fsp3) is 0.577. The van der Waals surface area contributed by atoms with Crippen LogP contribution in [0.4, 0.5) is 15.3 Å². The largest absolute Gasteiger partial charge is 0.465 e. The zero-order chi connectivity index (χ0) is 24.8. The Kier molecular flexibility index (Phi) is 8.62. The first-order valence-electron chi connectivity index (χ1n) is 12.7. The zero-order valence-corrected chi connectivity index (χ0v) is 21.4. The number of carbonyl (C=O) groups excluding carboxylic acids is 1. The quantitative estimate of drug-likeness (QED) is 0.428. The Hall–Kier alpha value is -2.65. The number of hydrogen-bond donors (Lipinski definition) is 3. The van der Waals surface area contributed by atoms with Gasteiger partial charge in [-0.05, 0) is 88.7 Å². The second-order valence-electron chi connectivity index (χ2n) is 9.85. The lowest BCUT2D eigenvalue weighted by Gasteiger charge is -2.27. The number of amides is 2. The summed E-state index contributed by atoms with van der Waals surface area (Å²) < 4.78 is 5.25. The van der Waals surface area contributed by atoms with Crippen LogP contribution in [0, 0.1) is 0 Å². The summed E-state index contributed by atoms with van der Waals surface area (Å²) in [5.74, 6) is 0.373. The minimum absolute atomic E-state index is 0.0433. The Labute approximate surface area is 211 Å². The van der Waals surface area contributed by atoms with Gasteiger partial charge in [-0.15, -0.1) is 11.3 Å². The van der Waals surface area contributed by atoms with Gasteiger partial charge in [0.1, 0.15) is 0 Å². The van der Waals surface area contributed by atoms with E-state index in [1.165, 1.54) is 24.8 Å². The highest BCUT2D eigenvalue weighted by Crippen LogP contribution is 2.39. The number of carbonyl (C=O) groups is 2. The maximum atomic E-state index is 12.2. The fourth-order valence-corrected chi connectivity index (χ4v) is 6.17. The Bertz CT molecular complexity index is 1010. The molecule has 2 aromatic rings. The molecule has 1 aliphatic carbocycles. The third-order valence-electron chi connectivity index (χ3n) is 6.73. The number of hydrogen-bond acceptors (Lipinski definition) is 6. The smallest absolute Gasteiger partial charge is 0.411 e. The molecule has 2 aliphatic rings. The Balaban J connectivity index is 1.51. The van der Waals surface area contributed by atoms with Crippen molar-refractivity contribution in [2.24, 2.45) is 0 Å². The number of rotatable bonds is 7. The summed E-state index contributed by atoms with van der Waals surface area (Å²) in [7, 11) is 0. The fourth-order valence-electron chi connectivity index (χ4n) is 5.02. The van der Waals surface area contributed by atoms with Crippen molar-refractivity contribution < 1.29 is 19.4 Å². The molecule has 1 saturated heterocycles. The molecule has 9 heteroatoms. The molecular formula is C26H36N4O4S. The summed E-state index contributed by atoms with van der Waals surface area (Å²) >= 11 is 1.73. The first kappa shape index (κ1) is 25.4. The number of aromatic nitrogens is 1. The van der Waals surface area contributed by atoms with Gasteiger partial charge in [-0.2, -0.15) is 0 Å². The van der Waals surface area contributed by atoms with Crippen LogP contribution in [0.1, 0.15) is 75.3 Å². The van der Waals surface area contributed by atoms with Gasteiger partial charge in [0.25, 0.3) is 0 Å². The topological polar surface area (TPSA) is 104 Å². The summed E-state index contributed by atoms with van der Waals surface area (Å²) in [5.41, 5.74) is 3.07. The predicted molar refractivity (Wildman–Crippen MR) is 138 cm³/mol. The minimum Gasteiger partial charge on any atom is -0.465 e. The average molecular weight is 501 g/mol. The molecule has 0 bridgehead atoms.